The van der Waals surface area contributed by atoms with E-state index in [0.29, 0.717) is 18.2 Å². The number of carboxylic acids is 1. The van der Waals surface area contributed by atoms with E-state index in [-0.39, 0.29) is 11.8 Å². The third-order valence-electron chi connectivity index (χ3n) is 3.77. The average molecular weight is 282 g/mol. The van der Waals surface area contributed by atoms with E-state index < -0.39 is 17.3 Å². The quantitative estimate of drug-likeness (QED) is 0.634. The topological polar surface area (TPSA) is 95.6 Å². The van der Waals surface area contributed by atoms with Crippen molar-refractivity contribution in [1.82, 2.24) is 0 Å². The largest absolute Gasteiger partial charge is 0.478 e. The Bertz CT molecular complexity index is 499. The summed E-state index contributed by atoms with van der Waals surface area (Å²) in [5.41, 5.74) is 5.95. The van der Waals surface area contributed by atoms with Crippen molar-refractivity contribution < 1.29 is 19.4 Å². The molecule has 1 aliphatic carbocycles. The van der Waals surface area contributed by atoms with Crippen LogP contribution < -0.4 is 11.1 Å². The maximum absolute atomic E-state index is 13.6. The van der Waals surface area contributed by atoms with E-state index in [1.165, 1.54) is 0 Å². The molecule has 1 fully saturated rings. The standard InChI is InChI=1S/C14H19FN2O3/c15-11-6-13(12(16)5-10(11)14(19)20)17-7-8-1-3-9(18)4-2-8/h5-6,8-9,17-18H,1-4,7,16H2,(H,19,20). The molecule has 110 valence electrons. The zero-order chi connectivity index (χ0) is 14.7. The van der Waals surface area contributed by atoms with Gasteiger partial charge in [-0.25, -0.2) is 9.18 Å². The van der Waals surface area contributed by atoms with Gasteiger partial charge in [0.25, 0.3) is 0 Å². The third kappa shape index (κ3) is 3.39. The summed E-state index contributed by atoms with van der Waals surface area (Å²) in [4.78, 5) is 10.8. The summed E-state index contributed by atoms with van der Waals surface area (Å²) < 4.78 is 13.6. The fraction of sp³-hybridized carbons (Fsp3) is 0.500. The number of aliphatic hydroxyl groups is 1. The van der Waals surface area contributed by atoms with Gasteiger partial charge in [-0.3, -0.25) is 0 Å². The average Bonchev–Trinajstić information content (AvgIpc) is 2.41. The van der Waals surface area contributed by atoms with Crippen molar-refractivity contribution in [3.05, 3.63) is 23.5 Å². The summed E-state index contributed by atoms with van der Waals surface area (Å²) >= 11 is 0. The predicted molar refractivity (Wildman–Crippen MR) is 74.2 cm³/mol. The minimum Gasteiger partial charge on any atom is -0.478 e. The number of aliphatic hydroxyl groups excluding tert-OH is 1. The molecule has 0 atom stereocenters. The van der Waals surface area contributed by atoms with Gasteiger partial charge >= 0.3 is 5.97 Å². The second kappa shape index (κ2) is 6.09. The minimum absolute atomic E-state index is 0.205. The maximum atomic E-state index is 13.6. The summed E-state index contributed by atoms with van der Waals surface area (Å²) in [6.45, 7) is 0.642. The van der Waals surface area contributed by atoms with Crippen molar-refractivity contribution in [2.75, 3.05) is 17.6 Å². The number of anilines is 2. The van der Waals surface area contributed by atoms with Crippen LogP contribution in [-0.4, -0.2) is 28.8 Å². The molecule has 0 aliphatic heterocycles. The van der Waals surface area contributed by atoms with Crippen molar-refractivity contribution in [3.8, 4) is 0 Å². The highest BCUT2D eigenvalue weighted by Crippen LogP contribution is 2.27. The Kier molecular flexibility index (Phi) is 4.44. The Morgan fingerprint density at radius 1 is 1.35 bits per heavy atom. The Hall–Kier alpha value is -1.82. The molecule has 0 bridgehead atoms. The first kappa shape index (κ1) is 14.6. The van der Waals surface area contributed by atoms with Crippen LogP contribution >= 0.6 is 0 Å². The van der Waals surface area contributed by atoms with Crippen LogP contribution in [0.3, 0.4) is 0 Å². The molecule has 1 aliphatic rings. The molecule has 5 N–H and O–H groups in total. The Labute approximate surface area is 116 Å². The first-order valence-corrected chi connectivity index (χ1v) is 6.71. The van der Waals surface area contributed by atoms with Crippen molar-refractivity contribution in [3.63, 3.8) is 0 Å². The van der Waals surface area contributed by atoms with Gasteiger partial charge in [-0.05, 0) is 43.7 Å². The number of hydrogen-bond acceptors (Lipinski definition) is 4. The van der Waals surface area contributed by atoms with E-state index >= 15 is 0 Å². The molecule has 2 rings (SSSR count). The lowest BCUT2D eigenvalue weighted by Gasteiger charge is -2.26. The van der Waals surface area contributed by atoms with Crippen molar-refractivity contribution in [2.45, 2.75) is 31.8 Å². The molecule has 0 radical (unpaired) electrons. The van der Waals surface area contributed by atoms with Crippen molar-refractivity contribution >= 4 is 17.3 Å². The highest BCUT2D eigenvalue weighted by atomic mass is 19.1. The molecule has 6 heteroatoms. The fourth-order valence-electron chi connectivity index (χ4n) is 2.51. The van der Waals surface area contributed by atoms with E-state index in [0.717, 1.165) is 37.8 Å². The zero-order valence-corrected chi connectivity index (χ0v) is 11.1. The third-order valence-corrected chi connectivity index (χ3v) is 3.77. The molecule has 0 saturated heterocycles. The molecule has 0 aromatic heterocycles. The normalized spacial score (nSPS) is 22.5. The van der Waals surface area contributed by atoms with Gasteiger partial charge in [-0.15, -0.1) is 0 Å². The lowest BCUT2D eigenvalue weighted by atomic mass is 9.87. The smallest absolute Gasteiger partial charge is 0.338 e. The molecular formula is C14H19FN2O3. The van der Waals surface area contributed by atoms with Crippen LogP contribution in [-0.2, 0) is 0 Å². The van der Waals surface area contributed by atoms with E-state index in [1.807, 2.05) is 0 Å². The zero-order valence-electron chi connectivity index (χ0n) is 11.1. The van der Waals surface area contributed by atoms with Gasteiger partial charge in [-0.2, -0.15) is 0 Å². The monoisotopic (exact) mass is 282 g/mol. The molecular weight excluding hydrogens is 263 g/mol. The molecule has 0 spiro atoms. The lowest BCUT2D eigenvalue weighted by molar-refractivity contribution is 0.0692. The number of nitrogen functional groups attached to an aromatic ring is 1. The summed E-state index contributed by atoms with van der Waals surface area (Å²) in [5, 5.41) is 21.3. The molecule has 0 unspecified atom stereocenters. The number of carboxylic acid groups (broad SMARTS) is 1. The van der Waals surface area contributed by atoms with Crippen LogP contribution in [0.5, 0.6) is 0 Å². The van der Waals surface area contributed by atoms with Gasteiger partial charge in [0, 0.05) is 6.54 Å². The van der Waals surface area contributed by atoms with Crippen LogP contribution in [0.15, 0.2) is 12.1 Å². The van der Waals surface area contributed by atoms with Crippen molar-refractivity contribution in [1.29, 1.82) is 0 Å². The van der Waals surface area contributed by atoms with E-state index in [4.69, 9.17) is 10.8 Å². The Morgan fingerprint density at radius 2 is 2.00 bits per heavy atom. The summed E-state index contributed by atoms with van der Waals surface area (Å²) in [7, 11) is 0. The van der Waals surface area contributed by atoms with Crippen LogP contribution in [0.2, 0.25) is 0 Å². The van der Waals surface area contributed by atoms with E-state index in [1.54, 1.807) is 0 Å². The molecule has 0 heterocycles. The van der Waals surface area contributed by atoms with Gasteiger partial charge < -0.3 is 21.3 Å². The second-order valence-electron chi connectivity index (χ2n) is 5.28. The summed E-state index contributed by atoms with van der Waals surface area (Å²) in [5.74, 6) is -1.71. The van der Waals surface area contributed by atoms with Gasteiger partial charge in [0.1, 0.15) is 5.82 Å². The number of nitrogens with one attached hydrogen (secondary N) is 1. The molecule has 5 nitrogen and oxygen atoms in total. The highest BCUT2D eigenvalue weighted by molar-refractivity contribution is 5.90. The number of nitrogens with two attached hydrogens (primary N) is 1. The predicted octanol–water partition coefficient (Wildman–Crippen LogP) is 2.07. The summed E-state index contributed by atoms with van der Waals surface area (Å²) in [6.07, 6.45) is 3.21. The molecule has 1 saturated carbocycles. The van der Waals surface area contributed by atoms with Gasteiger partial charge in [0.05, 0.1) is 23.0 Å². The Balaban J connectivity index is 1.99. The van der Waals surface area contributed by atoms with Crippen LogP contribution in [0.1, 0.15) is 36.0 Å². The number of benzene rings is 1. The van der Waals surface area contributed by atoms with E-state index in [2.05, 4.69) is 5.32 Å². The number of halogens is 1. The number of rotatable bonds is 4. The minimum atomic E-state index is -1.33. The number of aromatic carboxylic acids is 1. The van der Waals surface area contributed by atoms with E-state index in [9.17, 15) is 14.3 Å². The number of carbonyl (C=O) groups is 1. The van der Waals surface area contributed by atoms with Crippen molar-refractivity contribution in [2.24, 2.45) is 5.92 Å². The first-order chi connectivity index (χ1) is 9.47. The SMILES string of the molecule is Nc1cc(C(=O)O)c(F)cc1NCC1CCC(O)CC1. The lowest BCUT2D eigenvalue weighted by Crippen LogP contribution is -2.23. The van der Waals surface area contributed by atoms with Crippen LogP contribution in [0.4, 0.5) is 15.8 Å². The van der Waals surface area contributed by atoms with Crippen LogP contribution in [0, 0.1) is 11.7 Å². The molecule has 20 heavy (non-hydrogen) atoms. The summed E-state index contributed by atoms with van der Waals surface area (Å²) in [6, 6.07) is 2.25. The van der Waals surface area contributed by atoms with Gasteiger partial charge in [0.2, 0.25) is 0 Å². The maximum Gasteiger partial charge on any atom is 0.338 e. The molecule has 1 aromatic rings. The first-order valence-electron chi connectivity index (χ1n) is 6.71. The van der Waals surface area contributed by atoms with Gasteiger partial charge in [-0.1, -0.05) is 0 Å². The van der Waals surface area contributed by atoms with Crippen LogP contribution in [0.25, 0.3) is 0 Å². The molecule has 1 aromatic carbocycles. The second-order valence-corrected chi connectivity index (χ2v) is 5.28. The fourth-order valence-corrected chi connectivity index (χ4v) is 2.51. The van der Waals surface area contributed by atoms with Gasteiger partial charge in [0.15, 0.2) is 0 Å². The number of hydrogen-bond donors (Lipinski definition) is 4. The highest BCUT2D eigenvalue weighted by Gasteiger charge is 2.20. The molecule has 0 amide bonds. The Morgan fingerprint density at radius 3 is 2.60 bits per heavy atom.